The van der Waals surface area contributed by atoms with Crippen LogP contribution in [0.1, 0.15) is 16.8 Å². The maximum atomic E-state index is 5.73. The van der Waals surface area contributed by atoms with Crippen LogP contribution < -0.4 is 0 Å². The standard InChI is InChI=1S/C10H10ClN/c1-4-9-5-7(2)6-12-10(9)8(3)11/h4-6H,1,3H2,2H3. The van der Waals surface area contributed by atoms with Gasteiger partial charge >= 0.3 is 0 Å². The van der Waals surface area contributed by atoms with Gasteiger partial charge in [0.05, 0.1) is 10.7 Å². The lowest BCUT2D eigenvalue weighted by molar-refractivity contribution is 1.23. The van der Waals surface area contributed by atoms with E-state index < -0.39 is 0 Å². The van der Waals surface area contributed by atoms with Gasteiger partial charge in [0.25, 0.3) is 0 Å². The Hall–Kier alpha value is -1.08. The summed E-state index contributed by atoms with van der Waals surface area (Å²) in [5, 5.41) is 0.449. The highest BCUT2D eigenvalue weighted by molar-refractivity contribution is 6.48. The molecule has 0 aliphatic heterocycles. The van der Waals surface area contributed by atoms with Gasteiger partial charge in [-0.1, -0.05) is 30.8 Å². The molecule has 0 N–H and O–H groups in total. The topological polar surface area (TPSA) is 12.9 Å². The first-order chi connectivity index (χ1) is 5.65. The Morgan fingerprint density at radius 1 is 1.67 bits per heavy atom. The molecule has 1 aromatic rings. The van der Waals surface area contributed by atoms with Gasteiger partial charge in [-0.3, -0.25) is 4.98 Å². The van der Waals surface area contributed by atoms with Crippen LogP contribution in [0.5, 0.6) is 0 Å². The van der Waals surface area contributed by atoms with Gasteiger partial charge in [-0.25, -0.2) is 0 Å². The minimum atomic E-state index is 0.449. The van der Waals surface area contributed by atoms with Gasteiger partial charge in [0, 0.05) is 11.8 Å². The zero-order valence-corrected chi connectivity index (χ0v) is 7.73. The number of hydrogen-bond donors (Lipinski definition) is 0. The van der Waals surface area contributed by atoms with Crippen molar-refractivity contribution in [1.82, 2.24) is 4.98 Å². The molecule has 0 unspecified atom stereocenters. The minimum Gasteiger partial charge on any atom is -0.254 e. The van der Waals surface area contributed by atoms with E-state index in [0.29, 0.717) is 10.7 Å². The lowest BCUT2D eigenvalue weighted by atomic mass is 10.1. The molecule has 1 nitrogen and oxygen atoms in total. The molecule has 0 atom stereocenters. The molecule has 0 radical (unpaired) electrons. The molecule has 1 rings (SSSR count). The quantitative estimate of drug-likeness (QED) is 0.679. The number of rotatable bonds is 2. The molecule has 62 valence electrons. The van der Waals surface area contributed by atoms with Crippen molar-refractivity contribution in [2.24, 2.45) is 0 Å². The first-order valence-corrected chi connectivity index (χ1v) is 3.97. The Balaban J connectivity index is 3.29. The molecule has 12 heavy (non-hydrogen) atoms. The summed E-state index contributed by atoms with van der Waals surface area (Å²) >= 11 is 5.73. The SMILES string of the molecule is C=Cc1cc(C)cnc1C(=C)Cl. The van der Waals surface area contributed by atoms with Gasteiger partial charge < -0.3 is 0 Å². The van der Waals surface area contributed by atoms with Crippen molar-refractivity contribution in [2.45, 2.75) is 6.92 Å². The molecule has 2 heteroatoms. The van der Waals surface area contributed by atoms with Gasteiger partial charge in [-0.05, 0) is 18.6 Å². The number of aromatic nitrogens is 1. The highest BCUT2D eigenvalue weighted by atomic mass is 35.5. The van der Waals surface area contributed by atoms with E-state index in [1.807, 2.05) is 13.0 Å². The summed E-state index contributed by atoms with van der Waals surface area (Å²) in [5.41, 5.74) is 2.72. The predicted octanol–water partition coefficient (Wildman–Crippen LogP) is 3.24. The molecule has 0 saturated heterocycles. The first-order valence-electron chi connectivity index (χ1n) is 3.59. The number of nitrogens with zero attached hydrogens (tertiary/aromatic N) is 1. The lowest BCUT2D eigenvalue weighted by Crippen LogP contribution is -1.89. The Morgan fingerprint density at radius 2 is 2.33 bits per heavy atom. The summed E-state index contributed by atoms with van der Waals surface area (Å²) < 4.78 is 0. The van der Waals surface area contributed by atoms with E-state index in [2.05, 4.69) is 18.1 Å². The summed E-state index contributed by atoms with van der Waals surface area (Å²) in [5.74, 6) is 0. The highest BCUT2D eigenvalue weighted by Crippen LogP contribution is 2.19. The molecule has 0 spiro atoms. The van der Waals surface area contributed by atoms with Crippen LogP contribution in [0.3, 0.4) is 0 Å². The fraction of sp³-hybridized carbons (Fsp3) is 0.100. The maximum absolute atomic E-state index is 5.73. The van der Waals surface area contributed by atoms with Crippen molar-refractivity contribution in [2.75, 3.05) is 0 Å². The van der Waals surface area contributed by atoms with Crippen molar-refractivity contribution >= 4 is 22.7 Å². The number of halogens is 1. The van der Waals surface area contributed by atoms with E-state index in [4.69, 9.17) is 11.6 Å². The van der Waals surface area contributed by atoms with Crippen molar-refractivity contribution in [3.05, 3.63) is 42.2 Å². The van der Waals surface area contributed by atoms with E-state index >= 15 is 0 Å². The Morgan fingerprint density at radius 3 is 2.83 bits per heavy atom. The first kappa shape index (κ1) is 9.01. The second kappa shape index (κ2) is 3.55. The van der Waals surface area contributed by atoms with Crippen molar-refractivity contribution in [1.29, 1.82) is 0 Å². The van der Waals surface area contributed by atoms with E-state index in [-0.39, 0.29) is 0 Å². The smallest absolute Gasteiger partial charge is 0.0881 e. The molecule has 0 aliphatic rings. The number of pyridine rings is 1. The molecule has 1 aromatic heterocycles. The average molecular weight is 180 g/mol. The van der Waals surface area contributed by atoms with E-state index in [1.54, 1.807) is 12.3 Å². The second-order valence-electron chi connectivity index (χ2n) is 2.56. The molecular formula is C10H10ClN. The lowest BCUT2D eigenvalue weighted by Gasteiger charge is -2.02. The van der Waals surface area contributed by atoms with Gasteiger partial charge in [0.2, 0.25) is 0 Å². The predicted molar refractivity (Wildman–Crippen MR) is 54.0 cm³/mol. The molecule has 1 heterocycles. The summed E-state index contributed by atoms with van der Waals surface area (Å²) in [6.45, 7) is 9.27. The second-order valence-corrected chi connectivity index (χ2v) is 3.02. The fourth-order valence-corrected chi connectivity index (χ4v) is 1.13. The third kappa shape index (κ3) is 1.74. The van der Waals surface area contributed by atoms with Crippen molar-refractivity contribution in [3.63, 3.8) is 0 Å². The minimum absolute atomic E-state index is 0.449. The zero-order valence-electron chi connectivity index (χ0n) is 6.97. The van der Waals surface area contributed by atoms with Crippen LogP contribution in [0.15, 0.2) is 25.4 Å². The van der Waals surface area contributed by atoms with E-state index in [0.717, 1.165) is 11.1 Å². The third-order valence-electron chi connectivity index (χ3n) is 1.53. The Kier molecular flexibility index (Phi) is 2.66. The largest absolute Gasteiger partial charge is 0.254 e. The van der Waals surface area contributed by atoms with E-state index in [1.165, 1.54) is 0 Å². The number of aryl methyl sites for hydroxylation is 1. The third-order valence-corrected chi connectivity index (χ3v) is 1.71. The summed E-state index contributed by atoms with van der Waals surface area (Å²) in [6.07, 6.45) is 3.48. The summed E-state index contributed by atoms with van der Waals surface area (Å²) in [4.78, 5) is 4.15. The van der Waals surface area contributed by atoms with Crippen LogP contribution in [0.25, 0.3) is 11.1 Å². The maximum Gasteiger partial charge on any atom is 0.0881 e. The monoisotopic (exact) mass is 179 g/mol. The molecule has 0 aliphatic carbocycles. The zero-order chi connectivity index (χ0) is 9.14. The van der Waals surface area contributed by atoms with Crippen LogP contribution in [0.4, 0.5) is 0 Å². The Labute approximate surface area is 77.4 Å². The molecular weight excluding hydrogens is 170 g/mol. The van der Waals surface area contributed by atoms with Crippen molar-refractivity contribution in [3.8, 4) is 0 Å². The molecule has 0 amide bonds. The van der Waals surface area contributed by atoms with E-state index in [9.17, 15) is 0 Å². The fourth-order valence-electron chi connectivity index (χ4n) is 0.974. The molecule has 0 aromatic carbocycles. The van der Waals surface area contributed by atoms with Crippen LogP contribution in [-0.2, 0) is 0 Å². The molecule has 0 fully saturated rings. The van der Waals surface area contributed by atoms with Gasteiger partial charge in [-0.15, -0.1) is 0 Å². The van der Waals surface area contributed by atoms with Crippen LogP contribution >= 0.6 is 11.6 Å². The molecule has 0 saturated carbocycles. The highest BCUT2D eigenvalue weighted by Gasteiger charge is 2.02. The molecule has 0 bridgehead atoms. The van der Waals surface area contributed by atoms with Crippen molar-refractivity contribution < 1.29 is 0 Å². The van der Waals surface area contributed by atoms with Gasteiger partial charge in [-0.2, -0.15) is 0 Å². The van der Waals surface area contributed by atoms with Crippen LogP contribution in [0.2, 0.25) is 0 Å². The summed E-state index contributed by atoms with van der Waals surface area (Å²) in [7, 11) is 0. The summed E-state index contributed by atoms with van der Waals surface area (Å²) in [6, 6.07) is 1.98. The van der Waals surface area contributed by atoms with Gasteiger partial charge in [0.15, 0.2) is 0 Å². The Bertz CT molecular complexity index is 329. The average Bonchev–Trinajstić information content (AvgIpc) is 2.03. The van der Waals surface area contributed by atoms with Crippen LogP contribution in [-0.4, -0.2) is 4.98 Å². The van der Waals surface area contributed by atoms with Gasteiger partial charge in [0.1, 0.15) is 0 Å². The van der Waals surface area contributed by atoms with Crippen LogP contribution in [0, 0.1) is 6.92 Å². The normalized spacial score (nSPS) is 9.50. The number of hydrogen-bond acceptors (Lipinski definition) is 1.